The maximum atomic E-state index is 14.3. The van der Waals surface area contributed by atoms with E-state index in [9.17, 15) is 18.0 Å². The van der Waals surface area contributed by atoms with Crippen molar-refractivity contribution in [1.29, 1.82) is 5.26 Å². The Morgan fingerprint density at radius 1 is 1.07 bits per heavy atom. The number of nitriles is 1. The van der Waals surface area contributed by atoms with Crippen molar-refractivity contribution in [2.45, 2.75) is 44.3 Å². The maximum Gasteiger partial charge on any atom is 0.328 e. The van der Waals surface area contributed by atoms with Crippen LogP contribution >= 0.6 is 11.3 Å². The zero-order chi connectivity index (χ0) is 32.8. The predicted molar refractivity (Wildman–Crippen MR) is 177 cm³/mol. The van der Waals surface area contributed by atoms with Crippen molar-refractivity contribution in [2.24, 2.45) is 5.92 Å². The van der Waals surface area contributed by atoms with Crippen molar-refractivity contribution < 1.29 is 22.7 Å². The summed E-state index contributed by atoms with van der Waals surface area (Å²) in [5, 5.41) is 12.5. The minimum absolute atomic E-state index is 0.0389. The van der Waals surface area contributed by atoms with Crippen LogP contribution in [0.4, 0.5) is 5.69 Å². The number of carbonyl (C=O) groups is 2. The van der Waals surface area contributed by atoms with Crippen molar-refractivity contribution in [2.75, 3.05) is 11.4 Å². The molecule has 2 aromatic heterocycles. The highest BCUT2D eigenvalue weighted by atomic mass is 32.2. The van der Waals surface area contributed by atoms with Gasteiger partial charge in [0.1, 0.15) is 6.04 Å². The minimum atomic E-state index is -4.08. The van der Waals surface area contributed by atoms with E-state index in [1.165, 1.54) is 22.8 Å². The second kappa shape index (κ2) is 14.0. The number of benzene rings is 3. The number of nitrogens with one attached hydrogen (secondary N) is 1. The number of carbonyl (C=O) groups excluding carboxylic acids is 2. The number of esters is 1. The average Bonchev–Trinajstić information content (AvgIpc) is 3.70. The molecule has 0 saturated carbocycles. The average molecular weight is 656 g/mol. The number of aromatic nitrogens is 2. The fraction of sp³-hybridized carbons (Fsp3) is 0.235. The highest BCUT2D eigenvalue weighted by Crippen LogP contribution is 2.37. The molecule has 0 spiro atoms. The lowest BCUT2D eigenvalue weighted by atomic mass is 10.0. The Labute approximate surface area is 271 Å². The molecule has 0 aliphatic heterocycles. The summed E-state index contributed by atoms with van der Waals surface area (Å²) in [5.41, 5.74) is 2.51. The number of fused-ring (bicyclic) bond motifs is 1. The number of thiophene rings is 1. The van der Waals surface area contributed by atoms with Crippen LogP contribution in [-0.4, -0.2) is 43.0 Å². The van der Waals surface area contributed by atoms with Gasteiger partial charge >= 0.3 is 5.97 Å². The number of rotatable bonds is 12. The Morgan fingerprint density at radius 3 is 2.48 bits per heavy atom. The van der Waals surface area contributed by atoms with Gasteiger partial charge in [-0.1, -0.05) is 50.2 Å². The van der Waals surface area contributed by atoms with Gasteiger partial charge in [-0.3, -0.25) is 9.10 Å². The van der Waals surface area contributed by atoms with E-state index >= 15 is 0 Å². The van der Waals surface area contributed by atoms with Crippen molar-refractivity contribution >= 4 is 49.0 Å². The molecule has 46 heavy (non-hydrogen) atoms. The number of imidazole rings is 1. The van der Waals surface area contributed by atoms with Gasteiger partial charge < -0.3 is 14.6 Å². The van der Waals surface area contributed by atoms with Crippen LogP contribution in [0.25, 0.3) is 10.1 Å². The van der Waals surface area contributed by atoms with Crippen molar-refractivity contribution in [1.82, 2.24) is 14.9 Å². The van der Waals surface area contributed by atoms with Crippen LogP contribution in [0.2, 0.25) is 0 Å². The van der Waals surface area contributed by atoms with Gasteiger partial charge in [-0.2, -0.15) is 5.26 Å². The molecule has 0 bridgehead atoms. The number of nitrogens with zero attached hydrogens (tertiary/aromatic N) is 4. The van der Waals surface area contributed by atoms with Gasteiger partial charge in [-0.05, 0) is 60.4 Å². The number of hydrogen-bond donors (Lipinski definition) is 1. The van der Waals surface area contributed by atoms with E-state index in [2.05, 4.69) is 16.4 Å². The molecule has 0 saturated heterocycles. The molecular weight excluding hydrogens is 623 g/mol. The van der Waals surface area contributed by atoms with Gasteiger partial charge in [-0.25, -0.2) is 18.2 Å². The maximum absolute atomic E-state index is 14.3. The Morgan fingerprint density at radius 2 is 1.80 bits per heavy atom. The van der Waals surface area contributed by atoms with E-state index in [0.29, 0.717) is 44.9 Å². The first-order valence-electron chi connectivity index (χ1n) is 14.6. The van der Waals surface area contributed by atoms with E-state index < -0.39 is 27.9 Å². The SMILES string of the molecule is COC(=O)[C@H](CC(C)C)NC(=O)c1cc2c(N(Cc3cncn3Cc3ccc(C#N)cc3)S(=O)(=O)c3ccccc3)cccc2s1. The van der Waals surface area contributed by atoms with Crippen LogP contribution in [-0.2, 0) is 32.6 Å². The fourth-order valence-electron chi connectivity index (χ4n) is 5.10. The molecular formula is C34H33N5O5S2. The molecule has 12 heteroatoms. The number of sulfonamides is 1. The second-order valence-corrected chi connectivity index (χ2v) is 14.1. The number of ether oxygens (including phenoxy) is 1. The molecule has 0 aliphatic rings. The van der Waals surface area contributed by atoms with Gasteiger partial charge in [0.2, 0.25) is 0 Å². The van der Waals surface area contributed by atoms with Crippen molar-refractivity contribution in [3.8, 4) is 6.07 Å². The lowest BCUT2D eigenvalue weighted by molar-refractivity contribution is -0.143. The number of methoxy groups -OCH3 is 1. The van der Waals surface area contributed by atoms with Crippen LogP contribution in [0.1, 0.15) is 46.8 Å². The third kappa shape index (κ3) is 7.11. The molecule has 0 unspecified atom stereocenters. The molecule has 1 amide bonds. The van der Waals surface area contributed by atoms with Gasteiger partial charge in [0.15, 0.2) is 0 Å². The smallest absolute Gasteiger partial charge is 0.328 e. The summed E-state index contributed by atoms with van der Waals surface area (Å²) in [5.74, 6) is -0.830. The zero-order valence-corrected chi connectivity index (χ0v) is 27.2. The normalized spacial score (nSPS) is 12.1. The summed E-state index contributed by atoms with van der Waals surface area (Å²) in [6.45, 7) is 4.28. The lowest BCUT2D eigenvalue weighted by Gasteiger charge is -2.26. The van der Waals surface area contributed by atoms with Gasteiger partial charge in [-0.15, -0.1) is 11.3 Å². The quantitative estimate of drug-likeness (QED) is 0.170. The Kier molecular flexibility index (Phi) is 9.84. The van der Waals surface area contributed by atoms with E-state index in [0.717, 1.165) is 5.56 Å². The lowest BCUT2D eigenvalue weighted by Crippen LogP contribution is -2.42. The van der Waals surface area contributed by atoms with Crippen LogP contribution in [0.5, 0.6) is 0 Å². The first-order chi connectivity index (χ1) is 22.1. The monoisotopic (exact) mass is 655 g/mol. The van der Waals surface area contributed by atoms with Crippen LogP contribution in [0, 0.1) is 17.2 Å². The summed E-state index contributed by atoms with van der Waals surface area (Å²) < 4.78 is 37.4. The third-order valence-corrected chi connectivity index (χ3v) is 10.3. The molecule has 3 aromatic carbocycles. The largest absolute Gasteiger partial charge is 0.467 e. The topological polar surface area (TPSA) is 134 Å². The predicted octanol–water partition coefficient (Wildman–Crippen LogP) is 5.73. The van der Waals surface area contributed by atoms with Gasteiger partial charge in [0.25, 0.3) is 15.9 Å². The van der Waals surface area contributed by atoms with Crippen LogP contribution in [0.15, 0.2) is 96.3 Å². The van der Waals surface area contributed by atoms with Gasteiger partial charge in [0, 0.05) is 22.8 Å². The highest BCUT2D eigenvalue weighted by Gasteiger charge is 2.29. The standard InChI is InChI=1S/C34H33N5O5S2/c1-23(2)16-29(34(41)44-3)37-33(40)32-17-28-30(10-7-11-31(28)45-32)39(46(42,43)27-8-5-4-6-9-27)21-26-19-36-22-38(26)20-25-14-12-24(18-35)13-15-25/h4-15,17,19,22-23,29H,16,20-21H2,1-3H3,(H,37,40)/t29-/m0/s1. The van der Waals surface area contributed by atoms with Crippen LogP contribution < -0.4 is 9.62 Å². The number of anilines is 1. The molecule has 0 aliphatic carbocycles. The Hall–Kier alpha value is -4.99. The Balaban J connectivity index is 1.54. The molecule has 0 radical (unpaired) electrons. The molecule has 2 heterocycles. The molecule has 5 rings (SSSR count). The summed E-state index contributed by atoms with van der Waals surface area (Å²) in [6, 6.07) is 23.6. The second-order valence-electron chi connectivity index (χ2n) is 11.1. The summed E-state index contributed by atoms with van der Waals surface area (Å²) in [6.07, 6.45) is 3.68. The highest BCUT2D eigenvalue weighted by molar-refractivity contribution is 7.92. The Bertz CT molecular complexity index is 1990. The van der Waals surface area contributed by atoms with Crippen molar-refractivity contribution in [3.05, 3.63) is 113 Å². The molecule has 10 nitrogen and oxygen atoms in total. The molecule has 236 valence electrons. The van der Waals surface area contributed by atoms with Crippen LogP contribution in [0.3, 0.4) is 0 Å². The van der Waals surface area contributed by atoms with E-state index in [-0.39, 0.29) is 17.4 Å². The fourth-order valence-corrected chi connectivity index (χ4v) is 7.56. The molecule has 1 atom stereocenters. The summed E-state index contributed by atoms with van der Waals surface area (Å²) >= 11 is 1.21. The first-order valence-corrected chi connectivity index (χ1v) is 16.8. The summed E-state index contributed by atoms with van der Waals surface area (Å²) in [7, 11) is -2.80. The minimum Gasteiger partial charge on any atom is -0.467 e. The van der Waals surface area contributed by atoms with Gasteiger partial charge in [0.05, 0.1) is 52.8 Å². The summed E-state index contributed by atoms with van der Waals surface area (Å²) in [4.78, 5) is 30.5. The first kappa shape index (κ1) is 32.4. The molecule has 0 fully saturated rings. The molecule has 1 N–H and O–H groups in total. The van der Waals surface area contributed by atoms with E-state index in [4.69, 9.17) is 10.00 Å². The number of hydrogen-bond acceptors (Lipinski definition) is 8. The van der Waals surface area contributed by atoms with E-state index in [1.807, 2.05) is 36.6 Å². The third-order valence-electron chi connectivity index (χ3n) is 7.40. The number of amides is 1. The molecule has 5 aromatic rings. The zero-order valence-electron chi connectivity index (χ0n) is 25.6. The van der Waals surface area contributed by atoms with E-state index in [1.54, 1.807) is 73.2 Å². The van der Waals surface area contributed by atoms with Crippen molar-refractivity contribution in [3.63, 3.8) is 0 Å².